The number of anilines is 1. The summed E-state index contributed by atoms with van der Waals surface area (Å²) in [6.07, 6.45) is 8.58. The molecule has 3 nitrogen and oxygen atoms in total. The molecule has 2 rings (SSSR count). The maximum atomic E-state index is 11.8. The Bertz CT molecular complexity index is 464. The Balaban J connectivity index is 1.78. The zero-order valence-electron chi connectivity index (χ0n) is 12.1. The van der Waals surface area contributed by atoms with Crippen molar-refractivity contribution in [2.24, 2.45) is 11.8 Å². The molecule has 1 aromatic carbocycles. The molecule has 1 aromatic rings. The molecule has 20 heavy (non-hydrogen) atoms. The van der Waals surface area contributed by atoms with E-state index >= 15 is 0 Å². The Morgan fingerprint density at radius 1 is 1.30 bits per heavy atom. The van der Waals surface area contributed by atoms with Gasteiger partial charge in [0, 0.05) is 18.3 Å². The second-order valence-electron chi connectivity index (χ2n) is 5.77. The normalized spacial score (nSPS) is 22.9. The van der Waals surface area contributed by atoms with Crippen molar-refractivity contribution in [2.75, 3.05) is 12.3 Å². The lowest BCUT2D eigenvalue weighted by molar-refractivity contribution is -0.116. The Hall–Kier alpha value is -1.77. The van der Waals surface area contributed by atoms with Gasteiger partial charge in [-0.25, -0.2) is 0 Å². The summed E-state index contributed by atoms with van der Waals surface area (Å²) in [4.78, 5) is 11.8. The summed E-state index contributed by atoms with van der Waals surface area (Å²) < 4.78 is 0. The highest BCUT2D eigenvalue weighted by atomic mass is 16.1. The molecule has 0 spiro atoms. The van der Waals surface area contributed by atoms with Crippen molar-refractivity contribution in [1.82, 2.24) is 5.32 Å². The molecule has 108 valence electrons. The van der Waals surface area contributed by atoms with Crippen LogP contribution in [0.1, 0.15) is 38.2 Å². The van der Waals surface area contributed by atoms with Gasteiger partial charge in [-0.15, -0.1) is 0 Å². The van der Waals surface area contributed by atoms with E-state index in [1.807, 2.05) is 30.3 Å². The van der Waals surface area contributed by atoms with Crippen molar-refractivity contribution in [1.29, 1.82) is 0 Å². The molecule has 1 amide bonds. The van der Waals surface area contributed by atoms with Gasteiger partial charge in [-0.3, -0.25) is 4.79 Å². The summed E-state index contributed by atoms with van der Waals surface area (Å²) in [5, 5.41) is 3.01. The van der Waals surface area contributed by atoms with E-state index in [9.17, 15) is 4.79 Å². The number of amides is 1. The number of nitrogens with two attached hydrogens (primary N) is 1. The van der Waals surface area contributed by atoms with E-state index in [0.717, 1.165) is 23.7 Å². The first-order valence-electron chi connectivity index (χ1n) is 7.46. The van der Waals surface area contributed by atoms with E-state index in [4.69, 9.17) is 5.73 Å². The van der Waals surface area contributed by atoms with Crippen LogP contribution >= 0.6 is 0 Å². The SMILES string of the molecule is CC1CCCCC1CNC(=O)/C=C/c1ccc(N)cc1. The largest absolute Gasteiger partial charge is 0.399 e. The molecular formula is C17H24N2O. The minimum atomic E-state index is -0.0143. The van der Waals surface area contributed by atoms with Gasteiger partial charge in [-0.2, -0.15) is 0 Å². The second-order valence-corrected chi connectivity index (χ2v) is 5.77. The van der Waals surface area contributed by atoms with E-state index in [2.05, 4.69) is 12.2 Å². The number of rotatable bonds is 4. The van der Waals surface area contributed by atoms with Crippen LogP contribution in [0.2, 0.25) is 0 Å². The molecule has 2 unspecified atom stereocenters. The van der Waals surface area contributed by atoms with Gasteiger partial charge in [-0.1, -0.05) is 38.3 Å². The van der Waals surface area contributed by atoms with Crippen molar-refractivity contribution in [3.8, 4) is 0 Å². The first-order chi connectivity index (χ1) is 9.65. The fourth-order valence-corrected chi connectivity index (χ4v) is 2.77. The van der Waals surface area contributed by atoms with Crippen molar-refractivity contribution in [3.63, 3.8) is 0 Å². The molecule has 0 heterocycles. The van der Waals surface area contributed by atoms with Gasteiger partial charge in [0.25, 0.3) is 0 Å². The molecule has 3 heteroatoms. The average molecular weight is 272 g/mol. The number of carbonyl (C=O) groups is 1. The molecule has 1 aliphatic carbocycles. The number of hydrogen-bond donors (Lipinski definition) is 2. The van der Waals surface area contributed by atoms with E-state index in [1.54, 1.807) is 6.08 Å². The number of nitrogen functional groups attached to an aromatic ring is 1. The van der Waals surface area contributed by atoms with E-state index in [0.29, 0.717) is 5.92 Å². The van der Waals surface area contributed by atoms with Gasteiger partial charge in [0.05, 0.1) is 0 Å². The number of hydrogen-bond acceptors (Lipinski definition) is 2. The van der Waals surface area contributed by atoms with Gasteiger partial charge in [-0.05, 0) is 42.0 Å². The summed E-state index contributed by atoms with van der Waals surface area (Å²) in [6, 6.07) is 7.48. The predicted molar refractivity (Wildman–Crippen MR) is 84.0 cm³/mol. The first-order valence-corrected chi connectivity index (χ1v) is 7.46. The van der Waals surface area contributed by atoms with Crippen LogP contribution in [-0.2, 0) is 4.79 Å². The third-order valence-corrected chi connectivity index (χ3v) is 4.19. The molecule has 0 radical (unpaired) electrons. The van der Waals surface area contributed by atoms with Crippen LogP contribution in [0.25, 0.3) is 6.08 Å². The van der Waals surface area contributed by atoms with E-state index in [-0.39, 0.29) is 5.91 Å². The Kier molecular flexibility index (Phi) is 5.22. The molecule has 2 atom stereocenters. The van der Waals surface area contributed by atoms with Crippen LogP contribution in [0.3, 0.4) is 0 Å². The zero-order chi connectivity index (χ0) is 14.4. The second kappa shape index (κ2) is 7.13. The first kappa shape index (κ1) is 14.6. The summed E-state index contributed by atoms with van der Waals surface area (Å²) in [5.41, 5.74) is 7.34. The Morgan fingerprint density at radius 3 is 2.70 bits per heavy atom. The molecule has 3 N–H and O–H groups in total. The molecule has 0 bridgehead atoms. The topological polar surface area (TPSA) is 55.1 Å². The monoisotopic (exact) mass is 272 g/mol. The summed E-state index contributed by atoms with van der Waals surface area (Å²) in [6.45, 7) is 3.09. The van der Waals surface area contributed by atoms with Crippen molar-refractivity contribution in [2.45, 2.75) is 32.6 Å². The molecule has 0 saturated heterocycles. The highest BCUT2D eigenvalue weighted by Gasteiger charge is 2.21. The molecule has 1 aliphatic rings. The number of nitrogens with one attached hydrogen (secondary N) is 1. The van der Waals surface area contributed by atoms with Gasteiger partial charge in [0.1, 0.15) is 0 Å². The Labute approximate surface area is 121 Å². The Morgan fingerprint density at radius 2 is 2.00 bits per heavy atom. The smallest absolute Gasteiger partial charge is 0.244 e. The van der Waals surface area contributed by atoms with Crippen molar-refractivity contribution in [3.05, 3.63) is 35.9 Å². The van der Waals surface area contributed by atoms with Gasteiger partial charge in [0.2, 0.25) is 5.91 Å². The lowest BCUT2D eigenvalue weighted by Gasteiger charge is -2.28. The summed E-state index contributed by atoms with van der Waals surface area (Å²) in [5.74, 6) is 1.35. The standard InChI is InChI=1S/C17H24N2O/c1-13-4-2-3-5-15(13)12-19-17(20)11-8-14-6-9-16(18)10-7-14/h6-11,13,15H,2-5,12,18H2,1H3,(H,19,20)/b11-8+. The van der Waals surface area contributed by atoms with Crippen LogP contribution < -0.4 is 11.1 Å². The summed E-state index contributed by atoms with van der Waals surface area (Å²) in [7, 11) is 0. The molecular weight excluding hydrogens is 248 g/mol. The zero-order valence-corrected chi connectivity index (χ0v) is 12.1. The quantitative estimate of drug-likeness (QED) is 0.653. The minimum Gasteiger partial charge on any atom is -0.399 e. The third kappa shape index (κ3) is 4.41. The average Bonchev–Trinajstić information content (AvgIpc) is 2.46. The maximum Gasteiger partial charge on any atom is 0.244 e. The van der Waals surface area contributed by atoms with Crippen LogP contribution in [0, 0.1) is 11.8 Å². The minimum absolute atomic E-state index is 0.0143. The predicted octanol–water partition coefficient (Wildman–Crippen LogP) is 3.22. The van der Waals surface area contributed by atoms with Gasteiger partial charge < -0.3 is 11.1 Å². The number of benzene rings is 1. The highest BCUT2D eigenvalue weighted by molar-refractivity contribution is 5.91. The van der Waals surface area contributed by atoms with Crippen LogP contribution in [-0.4, -0.2) is 12.5 Å². The van der Waals surface area contributed by atoms with Crippen LogP contribution in [0.4, 0.5) is 5.69 Å². The molecule has 1 saturated carbocycles. The van der Waals surface area contributed by atoms with Crippen molar-refractivity contribution < 1.29 is 4.79 Å². The van der Waals surface area contributed by atoms with Gasteiger partial charge in [0.15, 0.2) is 0 Å². The fourth-order valence-electron chi connectivity index (χ4n) is 2.77. The highest BCUT2D eigenvalue weighted by Crippen LogP contribution is 2.28. The van der Waals surface area contributed by atoms with Crippen LogP contribution in [0.5, 0.6) is 0 Å². The number of carbonyl (C=O) groups excluding carboxylic acids is 1. The van der Waals surface area contributed by atoms with Crippen molar-refractivity contribution >= 4 is 17.7 Å². The van der Waals surface area contributed by atoms with Crippen LogP contribution in [0.15, 0.2) is 30.3 Å². The van der Waals surface area contributed by atoms with Gasteiger partial charge >= 0.3 is 0 Å². The lowest BCUT2D eigenvalue weighted by Crippen LogP contribution is -2.32. The fraction of sp³-hybridized carbons (Fsp3) is 0.471. The maximum absolute atomic E-state index is 11.8. The molecule has 0 aromatic heterocycles. The third-order valence-electron chi connectivity index (χ3n) is 4.19. The molecule has 0 aliphatic heterocycles. The summed E-state index contributed by atoms with van der Waals surface area (Å²) >= 11 is 0. The van der Waals surface area contributed by atoms with E-state index in [1.165, 1.54) is 25.7 Å². The lowest BCUT2D eigenvalue weighted by atomic mass is 9.80. The molecule has 1 fully saturated rings. The van der Waals surface area contributed by atoms with E-state index < -0.39 is 0 Å².